The van der Waals surface area contributed by atoms with Crippen LogP contribution in [0.15, 0.2) is 24.3 Å². The van der Waals surface area contributed by atoms with Crippen molar-refractivity contribution in [3.8, 4) is 0 Å². The molecule has 0 spiro atoms. The summed E-state index contributed by atoms with van der Waals surface area (Å²) in [5.41, 5.74) is 1.03. The van der Waals surface area contributed by atoms with E-state index in [9.17, 15) is 13.2 Å². The number of rotatable bonds is 7. The monoisotopic (exact) mass is 330 g/mol. The van der Waals surface area contributed by atoms with Crippen molar-refractivity contribution in [3.05, 3.63) is 34.9 Å². The first-order valence-corrected chi connectivity index (χ1v) is 9.07. The zero-order chi connectivity index (χ0) is 15.5. The third-order valence-electron chi connectivity index (χ3n) is 3.30. The van der Waals surface area contributed by atoms with Gasteiger partial charge >= 0.3 is 0 Å². The number of halogens is 1. The van der Waals surface area contributed by atoms with E-state index in [-0.39, 0.29) is 18.5 Å². The summed E-state index contributed by atoms with van der Waals surface area (Å²) >= 11 is 5.89. The SMILES string of the molecule is CS(=O)(=O)N(CC(=O)NCCc1cccc(Cl)c1)C1CC1. The fourth-order valence-electron chi connectivity index (χ4n) is 2.12. The highest BCUT2D eigenvalue weighted by molar-refractivity contribution is 7.88. The number of nitrogens with zero attached hydrogens (tertiary/aromatic N) is 1. The van der Waals surface area contributed by atoms with E-state index in [4.69, 9.17) is 11.6 Å². The third-order valence-corrected chi connectivity index (χ3v) is 4.82. The van der Waals surface area contributed by atoms with Gasteiger partial charge < -0.3 is 5.32 Å². The van der Waals surface area contributed by atoms with Crippen molar-refractivity contribution in [1.29, 1.82) is 0 Å². The van der Waals surface area contributed by atoms with E-state index < -0.39 is 10.0 Å². The molecule has 0 aromatic heterocycles. The van der Waals surface area contributed by atoms with Gasteiger partial charge in [0, 0.05) is 17.6 Å². The lowest BCUT2D eigenvalue weighted by molar-refractivity contribution is -0.121. The van der Waals surface area contributed by atoms with Gasteiger partial charge in [0.25, 0.3) is 0 Å². The smallest absolute Gasteiger partial charge is 0.235 e. The largest absolute Gasteiger partial charge is 0.355 e. The minimum atomic E-state index is -3.32. The maximum absolute atomic E-state index is 11.8. The normalized spacial score (nSPS) is 15.2. The number of carbonyl (C=O) groups excluding carboxylic acids is 1. The Kier molecular flexibility index (Phi) is 5.24. The third kappa shape index (κ3) is 5.30. The molecule has 0 bridgehead atoms. The zero-order valence-corrected chi connectivity index (χ0v) is 13.5. The van der Waals surface area contributed by atoms with Crippen LogP contribution < -0.4 is 5.32 Å². The van der Waals surface area contributed by atoms with Gasteiger partial charge in [-0.1, -0.05) is 23.7 Å². The molecule has 5 nitrogen and oxygen atoms in total. The molecule has 1 saturated carbocycles. The first kappa shape index (κ1) is 16.3. The molecule has 0 saturated heterocycles. The van der Waals surface area contributed by atoms with Crippen LogP contribution in [-0.4, -0.2) is 44.0 Å². The molecular weight excluding hydrogens is 312 g/mol. The topological polar surface area (TPSA) is 66.5 Å². The lowest BCUT2D eigenvalue weighted by Crippen LogP contribution is -2.41. The van der Waals surface area contributed by atoms with Gasteiger partial charge in [-0.05, 0) is 37.0 Å². The quantitative estimate of drug-likeness (QED) is 0.822. The molecule has 1 aromatic carbocycles. The fourth-order valence-corrected chi connectivity index (χ4v) is 3.43. The van der Waals surface area contributed by atoms with Crippen molar-refractivity contribution in [2.75, 3.05) is 19.3 Å². The van der Waals surface area contributed by atoms with Gasteiger partial charge in [-0.2, -0.15) is 4.31 Å². The first-order chi connectivity index (χ1) is 9.86. The van der Waals surface area contributed by atoms with Crippen LogP contribution in [0.4, 0.5) is 0 Å². The molecule has 116 valence electrons. The van der Waals surface area contributed by atoms with Crippen molar-refractivity contribution in [3.63, 3.8) is 0 Å². The predicted octanol–water partition coefficient (Wildman–Crippen LogP) is 1.42. The van der Waals surface area contributed by atoms with Crippen LogP contribution in [-0.2, 0) is 21.2 Å². The summed E-state index contributed by atoms with van der Waals surface area (Å²) in [7, 11) is -3.32. The molecule has 1 aromatic rings. The number of sulfonamides is 1. The van der Waals surface area contributed by atoms with Gasteiger partial charge in [-0.25, -0.2) is 8.42 Å². The lowest BCUT2D eigenvalue weighted by atomic mass is 10.1. The molecule has 1 N–H and O–H groups in total. The molecule has 0 radical (unpaired) electrons. The molecule has 0 atom stereocenters. The second-order valence-electron chi connectivity index (χ2n) is 5.27. The van der Waals surface area contributed by atoms with Gasteiger partial charge in [-0.15, -0.1) is 0 Å². The summed E-state index contributed by atoms with van der Waals surface area (Å²) in [6, 6.07) is 7.44. The molecule has 0 unspecified atom stereocenters. The molecule has 1 aliphatic carbocycles. The maximum atomic E-state index is 11.8. The Labute approximate surface area is 130 Å². The van der Waals surface area contributed by atoms with Crippen molar-refractivity contribution in [2.24, 2.45) is 0 Å². The molecule has 1 aliphatic rings. The number of hydrogen-bond donors (Lipinski definition) is 1. The van der Waals surface area contributed by atoms with Crippen molar-refractivity contribution < 1.29 is 13.2 Å². The standard InChI is InChI=1S/C14H19ClN2O3S/c1-21(19,20)17(13-5-6-13)10-14(18)16-8-7-11-3-2-4-12(15)9-11/h2-4,9,13H,5-8,10H2,1H3,(H,16,18). The minimum Gasteiger partial charge on any atom is -0.355 e. The van der Waals surface area contributed by atoms with Crippen molar-refractivity contribution in [1.82, 2.24) is 9.62 Å². The van der Waals surface area contributed by atoms with E-state index in [1.54, 1.807) is 6.07 Å². The molecule has 0 aliphatic heterocycles. The highest BCUT2D eigenvalue weighted by Crippen LogP contribution is 2.28. The Morgan fingerprint density at radius 3 is 2.71 bits per heavy atom. The fraction of sp³-hybridized carbons (Fsp3) is 0.500. The minimum absolute atomic E-state index is 0.00122. The average molecular weight is 331 g/mol. The summed E-state index contributed by atoms with van der Waals surface area (Å²) in [6.07, 6.45) is 3.48. The molecule has 1 fully saturated rings. The molecular formula is C14H19ClN2O3S. The van der Waals surface area contributed by atoms with Crippen LogP contribution in [0, 0.1) is 0 Å². The number of carbonyl (C=O) groups is 1. The number of amides is 1. The van der Waals surface area contributed by atoms with Crippen LogP contribution in [0.25, 0.3) is 0 Å². The van der Waals surface area contributed by atoms with E-state index in [0.29, 0.717) is 18.0 Å². The Hall–Kier alpha value is -1.11. The summed E-state index contributed by atoms with van der Waals surface area (Å²) in [4.78, 5) is 11.8. The van der Waals surface area contributed by atoms with Gasteiger partial charge in [-0.3, -0.25) is 4.79 Å². The highest BCUT2D eigenvalue weighted by atomic mass is 35.5. The van der Waals surface area contributed by atoms with Crippen LogP contribution >= 0.6 is 11.6 Å². The number of nitrogens with one attached hydrogen (secondary N) is 1. The first-order valence-electron chi connectivity index (χ1n) is 6.84. The van der Waals surface area contributed by atoms with E-state index in [2.05, 4.69) is 5.32 Å². The van der Waals surface area contributed by atoms with Gasteiger partial charge in [0.05, 0.1) is 12.8 Å². The van der Waals surface area contributed by atoms with Crippen LogP contribution in [0.3, 0.4) is 0 Å². The Morgan fingerprint density at radius 2 is 2.14 bits per heavy atom. The molecule has 2 rings (SSSR count). The van der Waals surface area contributed by atoms with E-state index in [0.717, 1.165) is 24.7 Å². The van der Waals surface area contributed by atoms with Crippen molar-refractivity contribution in [2.45, 2.75) is 25.3 Å². The van der Waals surface area contributed by atoms with E-state index in [1.165, 1.54) is 4.31 Å². The average Bonchev–Trinajstić information content (AvgIpc) is 3.19. The Balaban J connectivity index is 1.79. The second kappa shape index (κ2) is 6.77. The van der Waals surface area contributed by atoms with Crippen LogP contribution in [0.1, 0.15) is 18.4 Å². The summed E-state index contributed by atoms with van der Waals surface area (Å²) in [6.45, 7) is 0.362. The summed E-state index contributed by atoms with van der Waals surface area (Å²) in [5, 5.41) is 3.41. The van der Waals surface area contributed by atoms with Gasteiger partial charge in [0.1, 0.15) is 0 Å². The maximum Gasteiger partial charge on any atom is 0.235 e. The molecule has 21 heavy (non-hydrogen) atoms. The Morgan fingerprint density at radius 1 is 1.43 bits per heavy atom. The van der Waals surface area contributed by atoms with Crippen LogP contribution in [0.2, 0.25) is 5.02 Å². The van der Waals surface area contributed by atoms with Crippen LogP contribution in [0.5, 0.6) is 0 Å². The van der Waals surface area contributed by atoms with Crippen molar-refractivity contribution >= 4 is 27.5 Å². The number of hydrogen-bond acceptors (Lipinski definition) is 3. The van der Waals surface area contributed by atoms with E-state index in [1.807, 2.05) is 18.2 Å². The molecule has 1 amide bonds. The van der Waals surface area contributed by atoms with Gasteiger partial charge in [0.15, 0.2) is 0 Å². The summed E-state index contributed by atoms with van der Waals surface area (Å²) in [5.74, 6) is -0.269. The zero-order valence-electron chi connectivity index (χ0n) is 11.9. The number of benzene rings is 1. The highest BCUT2D eigenvalue weighted by Gasteiger charge is 2.36. The molecule has 0 heterocycles. The second-order valence-corrected chi connectivity index (χ2v) is 7.64. The molecule has 7 heteroatoms. The van der Waals surface area contributed by atoms with Gasteiger partial charge in [0.2, 0.25) is 15.9 Å². The lowest BCUT2D eigenvalue weighted by Gasteiger charge is -2.18. The predicted molar refractivity (Wildman–Crippen MR) is 82.7 cm³/mol. The Bertz CT molecular complexity index is 614. The summed E-state index contributed by atoms with van der Waals surface area (Å²) < 4.78 is 24.5. The van der Waals surface area contributed by atoms with E-state index >= 15 is 0 Å².